The predicted molar refractivity (Wildman–Crippen MR) is 59.9 cm³/mol. The van der Waals surface area contributed by atoms with Crippen molar-refractivity contribution in [3.63, 3.8) is 0 Å². The molecule has 0 radical (unpaired) electrons. The van der Waals surface area contributed by atoms with Gasteiger partial charge in [-0.1, -0.05) is 18.2 Å². The van der Waals surface area contributed by atoms with Gasteiger partial charge in [0.2, 0.25) is 0 Å². The van der Waals surface area contributed by atoms with E-state index in [1.54, 1.807) is 0 Å². The smallest absolute Gasteiger partial charge is 0.169 e. The summed E-state index contributed by atoms with van der Waals surface area (Å²) in [5, 5.41) is 23.8. The van der Waals surface area contributed by atoms with Gasteiger partial charge in [-0.3, -0.25) is 0 Å². The zero-order valence-electron chi connectivity index (χ0n) is 8.78. The molecule has 0 amide bonds. The van der Waals surface area contributed by atoms with Crippen LogP contribution in [0.15, 0.2) is 35.7 Å². The lowest BCUT2D eigenvalue weighted by Gasteiger charge is -2.28. The van der Waals surface area contributed by atoms with E-state index in [0.29, 0.717) is 5.82 Å². The van der Waals surface area contributed by atoms with Gasteiger partial charge in [0, 0.05) is 5.69 Å². The first-order chi connectivity index (χ1) is 7.76. The van der Waals surface area contributed by atoms with Crippen LogP contribution in [0.4, 0.5) is 5.69 Å². The van der Waals surface area contributed by atoms with Crippen LogP contribution in [0.3, 0.4) is 0 Å². The van der Waals surface area contributed by atoms with Gasteiger partial charge in [0.25, 0.3) is 0 Å². The van der Waals surface area contributed by atoms with E-state index in [4.69, 9.17) is 10.5 Å². The van der Waals surface area contributed by atoms with Crippen molar-refractivity contribution in [3.05, 3.63) is 41.2 Å². The number of para-hydroxylation sites is 1. The first-order valence-electron chi connectivity index (χ1n) is 4.93. The molecule has 1 aliphatic heterocycles. The maximum Gasteiger partial charge on any atom is 0.169 e. The average molecular weight is 210 g/mol. The van der Waals surface area contributed by atoms with E-state index in [2.05, 4.69) is 10.6 Å². The third kappa shape index (κ3) is 1.57. The number of rotatable bonds is 0. The molecule has 0 saturated heterocycles. The number of allylic oxidation sites excluding steroid dienone is 1. The van der Waals surface area contributed by atoms with Crippen LogP contribution in [0, 0.1) is 22.7 Å². The summed E-state index contributed by atoms with van der Waals surface area (Å²) in [6, 6.07) is 11.6. The Morgan fingerprint density at radius 1 is 1.25 bits per heavy atom. The molecule has 4 nitrogen and oxygen atoms in total. The molecule has 0 spiro atoms. The molecule has 1 atom stereocenters. The normalized spacial score (nSPS) is 17.2. The fourth-order valence-corrected chi connectivity index (χ4v) is 1.72. The highest BCUT2D eigenvalue weighted by atomic mass is 15.1. The molecule has 1 aromatic rings. The molecule has 2 N–H and O–H groups in total. The number of hydrogen-bond acceptors (Lipinski definition) is 4. The van der Waals surface area contributed by atoms with Gasteiger partial charge in [-0.2, -0.15) is 10.5 Å². The van der Waals surface area contributed by atoms with Crippen molar-refractivity contribution >= 4 is 5.69 Å². The highest BCUT2D eigenvalue weighted by Gasteiger charge is 2.20. The van der Waals surface area contributed by atoms with E-state index in [1.807, 2.05) is 43.3 Å². The summed E-state index contributed by atoms with van der Waals surface area (Å²) in [5.41, 5.74) is 2.13. The number of benzene rings is 1. The van der Waals surface area contributed by atoms with Crippen molar-refractivity contribution in [1.82, 2.24) is 5.32 Å². The van der Waals surface area contributed by atoms with Crippen molar-refractivity contribution in [3.8, 4) is 12.1 Å². The van der Waals surface area contributed by atoms with E-state index in [9.17, 15) is 0 Å². The summed E-state index contributed by atoms with van der Waals surface area (Å²) in [6.07, 6.45) is 0. The van der Waals surface area contributed by atoms with Gasteiger partial charge in [-0.25, -0.2) is 0 Å². The first kappa shape index (κ1) is 10.1. The van der Waals surface area contributed by atoms with Crippen molar-refractivity contribution in [1.29, 1.82) is 10.5 Å². The molecule has 16 heavy (non-hydrogen) atoms. The molecular formula is C12H10N4. The molecule has 1 aromatic carbocycles. The minimum Gasteiger partial charge on any atom is -0.363 e. The minimum atomic E-state index is 0.0707. The minimum absolute atomic E-state index is 0.0707. The first-order valence-corrected chi connectivity index (χ1v) is 4.93. The van der Waals surface area contributed by atoms with Gasteiger partial charge in [-0.05, 0) is 18.6 Å². The Hall–Kier alpha value is -2.46. The summed E-state index contributed by atoms with van der Waals surface area (Å²) < 4.78 is 0. The Morgan fingerprint density at radius 2 is 1.94 bits per heavy atom. The van der Waals surface area contributed by atoms with E-state index < -0.39 is 0 Å². The number of anilines is 1. The molecule has 0 fully saturated rings. The number of nitriles is 2. The van der Waals surface area contributed by atoms with Crippen molar-refractivity contribution < 1.29 is 0 Å². The van der Waals surface area contributed by atoms with Gasteiger partial charge in [-0.15, -0.1) is 0 Å². The summed E-state index contributed by atoms with van der Waals surface area (Å²) >= 11 is 0. The third-order valence-corrected chi connectivity index (χ3v) is 2.52. The predicted octanol–water partition coefficient (Wildman–Crippen LogP) is 2.02. The summed E-state index contributed by atoms with van der Waals surface area (Å²) in [7, 11) is 0. The topological polar surface area (TPSA) is 71.6 Å². The summed E-state index contributed by atoms with van der Waals surface area (Å²) in [6.45, 7) is 1.99. The molecule has 1 aliphatic rings. The molecule has 0 unspecified atom stereocenters. The van der Waals surface area contributed by atoms with Crippen molar-refractivity contribution in [2.24, 2.45) is 0 Å². The average Bonchev–Trinajstić information content (AvgIpc) is 2.31. The second-order valence-corrected chi connectivity index (χ2v) is 3.55. The number of fused-ring (bicyclic) bond motifs is 1. The highest BCUT2D eigenvalue weighted by molar-refractivity contribution is 5.61. The van der Waals surface area contributed by atoms with Gasteiger partial charge < -0.3 is 10.6 Å². The monoisotopic (exact) mass is 210 g/mol. The van der Waals surface area contributed by atoms with Crippen LogP contribution in [0.2, 0.25) is 0 Å². The van der Waals surface area contributed by atoms with Crippen LogP contribution < -0.4 is 10.6 Å². The zero-order chi connectivity index (χ0) is 11.5. The van der Waals surface area contributed by atoms with Crippen LogP contribution in [-0.2, 0) is 0 Å². The van der Waals surface area contributed by atoms with Crippen LogP contribution in [0.5, 0.6) is 0 Å². The summed E-state index contributed by atoms with van der Waals surface area (Å²) in [4.78, 5) is 0. The molecule has 0 bridgehead atoms. The fourth-order valence-electron chi connectivity index (χ4n) is 1.72. The van der Waals surface area contributed by atoms with Gasteiger partial charge >= 0.3 is 0 Å². The quantitative estimate of drug-likeness (QED) is 0.642. The highest BCUT2D eigenvalue weighted by Crippen LogP contribution is 2.29. The molecule has 0 aliphatic carbocycles. The Morgan fingerprint density at radius 3 is 2.62 bits per heavy atom. The SMILES string of the molecule is C[C@H]1NC(=C(C#N)C#N)Nc2ccccc21. The molecule has 1 heterocycles. The Bertz CT molecular complexity index is 515. The number of nitrogens with zero attached hydrogens (tertiary/aromatic N) is 2. The lowest BCUT2D eigenvalue weighted by Crippen LogP contribution is -2.30. The molecular weight excluding hydrogens is 200 g/mol. The number of nitrogens with one attached hydrogen (secondary N) is 2. The number of hydrogen-bond donors (Lipinski definition) is 2. The van der Waals surface area contributed by atoms with Crippen LogP contribution >= 0.6 is 0 Å². The third-order valence-electron chi connectivity index (χ3n) is 2.52. The lowest BCUT2D eigenvalue weighted by atomic mass is 10.0. The van der Waals surface area contributed by atoms with Crippen LogP contribution in [0.1, 0.15) is 18.5 Å². The van der Waals surface area contributed by atoms with Gasteiger partial charge in [0.1, 0.15) is 18.0 Å². The second-order valence-electron chi connectivity index (χ2n) is 3.55. The Balaban J connectivity index is 2.47. The molecule has 78 valence electrons. The van der Waals surface area contributed by atoms with Crippen LogP contribution in [0.25, 0.3) is 0 Å². The van der Waals surface area contributed by atoms with Crippen LogP contribution in [-0.4, -0.2) is 0 Å². The summed E-state index contributed by atoms with van der Waals surface area (Å²) in [5.74, 6) is 0.483. The largest absolute Gasteiger partial charge is 0.363 e. The standard InChI is InChI=1S/C12H10N4/c1-8-10-4-2-3-5-11(10)16-12(15-8)9(6-13)7-14/h2-5,8,15-16H,1H3/t8-/m1/s1. The van der Waals surface area contributed by atoms with E-state index >= 15 is 0 Å². The van der Waals surface area contributed by atoms with Crippen molar-refractivity contribution in [2.75, 3.05) is 5.32 Å². The van der Waals surface area contributed by atoms with Gasteiger partial charge in [0.05, 0.1) is 6.04 Å². The molecule has 0 saturated carbocycles. The maximum atomic E-state index is 8.80. The van der Waals surface area contributed by atoms with E-state index in [1.165, 1.54) is 0 Å². The van der Waals surface area contributed by atoms with Gasteiger partial charge in [0.15, 0.2) is 5.57 Å². The lowest BCUT2D eigenvalue weighted by molar-refractivity contribution is 0.639. The second kappa shape index (κ2) is 3.96. The van der Waals surface area contributed by atoms with E-state index in [-0.39, 0.29) is 11.6 Å². The van der Waals surface area contributed by atoms with E-state index in [0.717, 1.165) is 11.3 Å². The molecule has 2 rings (SSSR count). The Kier molecular flexibility index (Phi) is 2.49. The zero-order valence-corrected chi connectivity index (χ0v) is 8.78. The molecule has 0 aromatic heterocycles. The van der Waals surface area contributed by atoms with Crippen molar-refractivity contribution in [2.45, 2.75) is 13.0 Å². The Labute approximate surface area is 93.8 Å². The fraction of sp³-hybridized carbons (Fsp3) is 0.167. The maximum absolute atomic E-state index is 8.80. The molecule has 4 heteroatoms.